The highest BCUT2D eigenvalue weighted by Crippen LogP contribution is 2.29. The zero-order valence-corrected chi connectivity index (χ0v) is 19.8. The molecule has 0 spiro atoms. The number of aromatic nitrogens is 2. The number of benzene rings is 3. The van der Waals surface area contributed by atoms with E-state index in [1.807, 2.05) is 30.3 Å². The Balaban J connectivity index is 1.53. The number of rotatable bonds is 9. The molecule has 0 atom stereocenters. The lowest BCUT2D eigenvalue weighted by atomic mass is 10.0. The Morgan fingerprint density at radius 3 is 2.27 bits per heavy atom. The van der Waals surface area contributed by atoms with Gasteiger partial charge in [-0.15, -0.1) is 0 Å². The van der Waals surface area contributed by atoms with Crippen LogP contribution in [0.3, 0.4) is 0 Å². The zero-order chi connectivity index (χ0) is 26.4. The lowest BCUT2D eigenvalue weighted by molar-refractivity contribution is -0.138. The molecule has 3 aromatic carbocycles. The summed E-state index contributed by atoms with van der Waals surface area (Å²) in [6.07, 6.45) is -2.73. The molecule has 0 saturated heterocycles. The minimum Gasteiger partial charge on any atom is -0.481 e. The van der Waals surface area contributed by atoms with Gasteiger partial charge in [-0.1, -0.05) is 42.5 Å². The number of nitrogens with one attached hydrogen (secondary N) is 1. The number of anilines is 1. The number of aliphatic carboxylic acids is 1. The maximum absolute atomic E-state index is 12.8. The molecule has 0 aliphatic heterocycles. The average Bonchev–Trinajstić information content (AvgIpc) is 2.86. The van der Waals surface area contributed by atoms with Gasteiger partial charge >= 0.3 is 12.1 Å². The number of alkyl halides is 3. The van der Waals surface area contributed by atoms with Crippen LogP contribution < -0.4 is 5.32 Å². The van der Waals surface area contributed by atoms with Crippen LogP contribution >= 0.6 is 0 Å². The van der Waals surface area contributed by atoms with Gasteiger partial charge < -0.3 is 10.4 Å². The van der Waals surface area contributed by atoms with Crippen molar-refractivity contribution in [2.45, 2.75) is 38.3 Å². The Bertz CT molecular complexity index is 1410. The summed E-state index contributed by atoms with van der Waals surface area (Å²) >= 11 is 0. The summed E-state index contributed by atoms with van der Waals surface area (Å²) in [5, 5.41) is 11.7. The van der Waals surface area contributed by atoms with Crippen molar-refractivity contribution < 1.29 is 27.9 Å². The van der Waals surface area contributed by atoms with E-state index in [2.05, 4.69) is 5.32 Å². The second-order valence-electron chi connectivity index (χ2n) is 8.61. The van der Waals surface area contributed by atoms with Crippen LogP contribution in [0.5, 0.6) is 0 Å². The SMILES string of the molecule is O=C(O)CCCCc1nc2cc(NC(=O)Cc3ccc(C(F)(F)F)cc3)ccc2nc1-c1ccccc1. The summed E-state index contributed by atoms with van der Waals surface area (Å²) in [7, 11) is 0. The fourth-order valence-electron chi connectivity index (χ4n) is 3.94. The molecular formula is C28H24F3N3O3. The van der Waals surface area contributed by atoms with Gasteiger partial charge in [0.15, 0.2) is 0 Å². The Labute approximate surface area is 211 Å². The number of unbranched alkanes of at least 4 members (excludes halogenated alkanes) is 1. The first-order chi connectivity index (χ1) is 17.7. The van der Waals surface area contributed by atoms with E-state index in [0.29, 0.717) is 41.5 Å². The van der Waals surface area contributed by atoms with E-state index in [0.717, 1.165) is 29.1 Å². The molecule has 0 radical (unpaired) electrons. The van der Waals surface area contributed by atoms with Gasteiger partial charge in [-0.3, -0.25) is 9.59 Å². The van der Waals surface area contributed by atoms with Crippen molar-refractivity contribution in [3.8, 4) is 11.3 Å². The van der Waals surface area contributed by atoms with Gasteiger partial charge in [0.05, 0.1) is 34.4 Å². The molecule has 1 heterocycles. The molecule has 4 rings (SSSR count). The minimum atomic E-state index is -4.43. The summed E-state index contributed by atoms with van der Waals surface area (Å²) in [5.74, 6) is -1.22. The van der Waals surface area contributed by atoms with Gasteiger partial charge in [0.2, 0.25) is 5.91 Å². The lowest BCUT2D eigenvalue weighted by Gasteiger charge is -2.12. The molecule has 0 unspecified atom stereocenters. The number of carbonyl (C=O) groups is 2. The summed E-state index contributed by atoms with van der Waals surface area (Å²) in [5.41, 5.74) is 3.75. The maximum atomic E-state index is 12.8. The molecule has 2 N–H and O–H groups in total. The first kappa shape index (κ1) is 25.8. The Hall–Kier alpha value is -4.27. The van der Waals surface area contributed by atoms with Crippen molar-refractivity contribution in [2.24, 2.45) is 0 Å². The largest absolute Gasteiger partial charge is 0.481 e. The van der Waals surface area contributed by atoms with Crippen molar-refractivity contribution in [3.05, 3.63) is 89.6 Å². The zero-order valence-electron chi connectivity index (χ0n) is 19.8. The van der Waals surface area contributed by atoms with Crippen molar-refractivity contribution in [3.63, 3.8) is 0 Å². The number of amides is 1. The predicted molar refractivity (Wildman–Crippen MR) is 134 cm³/mol. The van der Waals surface area contributed by atoms with Crippen LogP contribution in [0.4, 0.5) is 18.9 Å². The molecule has 1 amide bonds. The summed E-state index contributed by atoms with van der Waals surface area (Å²) < 4.78 is 38.3. The molecule has 37 heavy (non-hydrogen) atoms. The minimum absolute atomic E-state index is 0.0797. The molecular weight excluding hydrogens is 483 g/mol. The first-order valence-corrected chi connectivity index (χ1v) is 11.7. The Kier molecular flexibility index (Phi) is 7.81. The number of carboxylic acid groups (broad SMARTS) is 1. The molecule has 190 valence electrons. The van der Waals surface area contributed by atoms with Crippen molar-refractivity contribution in [1.82, 2.24) is 9.97 Å². The number of hydrogen-bond acceptors (Lipinski definition) is 4. The van der Waals surface area contributed by atoms with E-state index in [-0.39, 0.29) is 18.7 Å². The van der Waals surface area contributed by atoms with E-state index in [4.69, 9.17) is 15.1 Å². The van der Waals surface area contributed by atoms with E-state index in [1.54, 1.807) is 18.2 Å². The lowest BCUT2D eigenvalue weighted by Crippen LogP contribution is -2.14. The molecule has 0 bridgehead atoms. The van der Waals surface area contributed by atoms with Gasteiger partial charge in [-0.2, -0.15) is 13.2 Å². The van der Waals surface area contributed by atoms with Crippen LogP contribution in [0.2, 0.25) is 0 Å². The molecule has 0 aliphatic carbocycles. The van der Waals surface area contributed by atoms with E-state index in [9.17, 15) is 22.8 Å². The van der Waals surface area contributed by atoms with Gasteiger partial charge in [0.1, 0.15) is 0 Å². The van der Waals surface area contributed by atoms with Gasteiger partial charge in [-0.25, -0.2) is 9.97 Å². The van der Waals surface area contributed by atoms with Crippen LogP contribution in [0.15, 0.2) is 72.8 Å². The standard InChI is InChI=1S/C28H24F3N3O3/c29-28(30,31)20-12-10-18(11-13-20)16-25(35)32-21-14-15-22-24(17-21)33-23(8-4-5-9-26(36)37)27(34-22)19-6-2-1-3-7-19/h1-3,6-7,10-15,17H,4-5,8-9,16H2,(H,32,35)(H,36,37). The molecule has 1 aromatic heterocycles. The van der Waals surface area contributed by atoms with Crippen LogP contribution in [-0.2, 0) is 28.6 Å². The number of fused-ring (bicyclic) bond motifs is 1. The smallest absolute Gasteiger partial charge is 0.416 e. The van der Waals surface area contributed by atoms with Crippen molar-refractivity contribution in [2.75, 3.05) is 5.32 Å². The highest BCUT2D eigenvalue weighted by Gasteiger charge is 2.30. The van der Waals surface area contributed by atoms with Crippen molar-refractivity contribution in [1.29, 1.82) is 0 Å². The average molecular weight is 508 g/mol. The molecule has 0 fully saturated rings. The monoisotopic (exact) mass is 507 g/mol. The highest BCUT2D eigenvalue weighted by atomic mass is 19.4. The van der Waals surface area contributed by atoms with E-state index >= 15 is 0 Å². The predicted octanol–water partition coefficient (Wildman–Crippen LogP) is 6.29. The molecule has 6 nitrogen and oxygen atoms in total. The fourth-order valence-corrected chi connectivity index (χ4v) is 3.94. The third-order valence-corrected chi connectivity index (χ3v) is 5.77. The first-order valence-electron chi connectivity index (χ1n) is 11.7. The summed E-state index contributed by atoms with van der Waals surface area (Å²) in [6.45, 7) is 0. The summed E-state index contributed by atoms with van der Waals surface area (Å²) in [6, 6.07) is 19.2. The number of hydrogen-bond donors (Lipinski definition) is 2. The second-order valence-corrected chi connectivity index (χ2v) is 8.61. The van der Waals surface area contributed by atoms with Crippen LogP contribution in [-0.4, -0.2) is 27.0 Å². The molecule has 4 aromatic rings. The summed E-state index contributed by atoms with van der Waals surface area (Å²) in [4.78, 5) is 33.0. The van der Waals surface area contributed by atoms with E-state index < -0.39 is 17.7 Å². The molecule has 0 aliphatic rings. The third kappa shape index (κ3) is 6.91. The normalized spacial score (nSPS) is 11.4. The Morgan fingerprint density at radius 1 is 0.865 bits per heavy atom. The highest BCUT2D eigenvalue weighted by molar-refractivity contribution is 5.94. The van der Waals surface area contributed by atoms with E-state index in [1.165, 1.54) is 12.1 Å². The number of aryl methyl sites for hydroxylation is 1. The van der Waals surface area contributed by atoms with Gasteiger partial charge in [0, 0.05) is 17.7 Å². The number of carbonyl (C=O) groups excluding carboxylic acids is 1. The Morgan fingerprint density at radius 2 is 1.59 bits per heavy atom. The second kappa shape index (κ2) is 11.2. The number of halogens is 3. The van der Waals surface area contributed by atoms with Crippen molar-refractivity contribution >= 4 is 28.6 Å². The van der Waals surface area contributed by atoms with Crippen LogP contribution in [0, 0.1) is 0 Å². The molecule has 0 saturated carbocycles. The quantitative estimate of drug-likeness (QED) is 0.260. The number of carboxylic acids is 1. The van der Waals surface area contributed by atoms with Gasteiger partial charge in [0.25, 0.3) is 0 Å². The van der Waals surface area contributed by atoms with Gasteiger partial charge in [-0.05, 0) is 55.2 Å². The third-order valence-electron chi connectivity index (χ3n) is 5.77. The molecule has 9 heteroatoms. The van der Waals surface area contributed by atoms with Crippen LogP contribution in [0.1, 0.15) is 36.1 Å². The fraction of sp³-hybridized carbons (Fsp3) is 0.214. The topological polar surface area (TPSA) is 92.2 Å². The van der Waals surface area contributed by atoms with Crippen LogP contribution in [0.25, 0.3) is 22.3 Å². The maximum Gasteiger partial charge on any atom is 0.416 e. The number of nitrogens with zero attached hydrogens (tertiary/aromatic N) is 2.